The second kappa shape index (κ2) is 3.55. The lowest BCUT2D eigenvalue weighted by Gasteiger charge is -2.32. The van der Waals surface area contributed by atoms with Crippen molar-refractivity contribution in [2.45, 2.75) is 44.2 Å². The third kappa shape index (κ3) is 1.32. The van der Waals surface area contributed by atoms with Crippen LogP contribution < -0.4 is 0 Å². The molecule has 0 bridgehead atoms. The van der Waals surface area contributed by atoms with Crippen LogP contribution in [0.4, 0.5) is 0 Å². The number of fused-ring (bicyclic) bond motifs is 3. The SMILES string of the molecule is O=C(O)[C@H]1CC[C@H]2[C@@H](C1)C(=O)[C@@H]1CCCN12. The molecule has 1 saturated carbocycles. The first-order chi connectivity index (χ1) is 7.68. The lowest BCUT2D eigenvalue weighted by atomic mass is 9.77. The Bertz CT molecular complexity index is 341. The van der Waals surface area contributed by atoms with Crippen molar-refractivity contribution in [2.24, 2.45) is 11.8 Å². The summed E-state index contributed by atoms with van der Waals surface area (Å²) in [5, 5.41) is 9.02. The van der Waals surface area contributed by atoms with Gasteiger partial charge in [0.15, 0.2) is 5.78 Å². The Balaban J connectivity index is 1.80. The zero-order valence-electron chi connectivity index (χ0n) is 9.26. The number of hydrogen-bond donors (Lipinski definition) is 1. The summed E-state index contributed by atoms with van der Waals surface area (Å²) in [6.07, 6.45) is 4.33. The zero-order valence-corrected chi connectivity index (χ0v) is 9.26. The standard InChI is InChI=1S/C12H17NO3/c14-11-8-6-7(12(15)16)3-4-9(8)13-5-1-2-10(11)13/h7-10H,1-6H2,(H,15,16)/t7-,8+,9-,10-/m0/s1. The molecule has 3 fully saturated rings. The van der Waals surface area contributed by atoms with Crippen LogP contribution in [-0.4, -0.2) is 40.4 Å². The van der Waals surface area contributed by atoms with Gasteiger partial charge in [0.25, 0.3) is 0 Å². The Morgan fingerprint density at radius 1 is 1.31 bits per heavy atom. The van der Waals surface area contributed by atoms with Crippen molar-refractivity contribution in [1.29, 1.82) is 0 Å². The molecule has 2 heterocycles. The Hall–Kier alpha value is -0.900. The average molecular weight is 223 g/mol. The van der Waals surface area contributed by atoms with E-state index >= 15 is 0 Å². The fourth-order valence-electron chi connectivity index (χ4n) is 3.82. The summed E-state index contributed by atoms with van der Waals surface area (Å²) in [5.74, 6) is -0.669. The van der Waals surface area contributed by atoms with Crippen LogP contribution in [0.15, 0.2) is 0 Å². The van der Waals surface area contributed by atoms with Gasteiger partial charge in [0.1, 0.15) is 0 Å². The van der Waals surface area contributed by atoms with E-state index in [1.807, 2.05) is 0 Å². The van der Waals surface area contributed by atoms with E-state index in [-0.39, 0.29) is 17.9 Å². The van der Waals surface area contributed by atoms with Crippen molar-refractivity contribution in [1.82, 2.24) is 4.90 Å². The lowest BCUT2D eigenvalue weighted by molar-refractivity contribution is -0.143. The highest BCUT2D eigenvalue weighted by Crippen LogP contribution is 2.43. The van der Waals surface area contributed by atoms with E-state index in [4.69, 9.17) is 5.11 Å². The average Bonchev–Trinajstić information content (AvgIpc) is 2.83. The molecule has 0 unspecified atom stereocenters. The Morgan fingerprint density at radius 2 is 2.12 bits per heavy atom. The van der Waals surface area contributed by atoms with Crippen molar-refractivity contribution < 1.29 is 14.7 Å². The molecule has 88 valence electrons. The van der Waals surface area contributed by atoms with Gasteiger partial charge in [-0.3, -0.25) is 14.5 Å². The van der Waals surface area contributed by atoms with Gasteiger partial charge in [-0.25, -0.2) is 0 Å². The lowest BCUT2D eigenvalue weighted by Crippen LogP contribution is -2.38. The minimum Gasteiger partial charge on any atom is -0.481 e. The summed E-state index contributed by atoms with van der Waals surface area (Å²) in [6, 6.07) is 0.484. The maximum Gasteiger partial charge on any atom is 0.306 e. The number of carbonyl (C=O) groups excluding carboxylic acids is 1. The molecule has 3 aliphatic rings. The molecule has 0 amide bonds. The van der Waals surface area contributed by atoms with Crippen LogP contribution in [-0.2, 0) is 9.59 Å². The smallest absolute Gasteiger partial charge is 0.306 e. The molecular weight excluding hydrogens is 206 g/mol. The Morgan fingerprint density at radius 3 is 2.88 bits per heavy atom. The molecule has 4 atom stereocenters. The molecule has 4 nitrogen and oxygen atoms in total. The van der Waals surface area contributed by atoms with Crippen LogP contribution in [0.1, 0.15) is 32.1 Å². The predicted molar refractivity (Wildman–Crippen MR) is 57.0 cm³/mol. The van der Waals surface area contributed by atoms with Gasteiger partial charge < -0.3 is 5.11 Å². The number of ketones is 1. The largest absolute Gasteiger partial charge is 0.481 e. The summed E-state index contributed by atoms with van der Waals surface area (Å²) < 4.78 is 0. The molecule has 0 radical (unpaired) electrons. The van der Waals surface area contributed by atoms with Crippen LogP contribution in [0.5, 0.6) is 0 Å². The van der Waals surface area contributed by atoms with Gasteiger partial charge >= 0.3 is 5.97 Å². The second-order valence-corrected chi connectivity index (χ2v) is 5.32. The highest BCUT2D eigenvalue weighted by Gasteiger charge is 2.52. The van der Waals surface area contributed by atoms with E-state index in [1.165, 1.54) is 0 Å². The van der Waals surface area contributed by atoms with E-state index in [0.29, 0.717) is 18.2 Å². The fourth-order valence-corrected chi connectivity index (χ4v) is 3.82. The second-order valence-electron chi connectivity index (χ2n) is 5.32. The van der Waals surface area contributed by atoms with Crippen molar-refractivity contribution in [2.75, 3.05) is 6.54 Å². The van der Waals surface area contributed by atoms with Gasteiger partial charge in [0, 0.05) is 12.0 Å². The van der Waals surface area contributed by atoms with Crippen molar-refractivity contribution in [3.8, 4) is 0 Å². The van der Waals surface area contributed by atoms with Gasteiger partial charge in [-0.05, 0) is 38.6 Å². The van der Waals surface area contributed by atoms with Crippen LogP contribution in [0.25, 0.3) is 0 Å². The number of carboxylic acids is 1. The monoisotopic (exact) mass is 223 g/mol. The Labute approximate surface area is 94.6 Å². The highest BCUT2D eigenvalue weighted by atomic mass is 16.4. The highest BCUT2D eigenvalue weighted by molar-refractivity contribution is 5.90. The topological polar surface area (TPSA) is 57.6 Å². The first-order valence-corrected chi connectivity index (χ1v) is 6.21. The van der Waals surface area contributed by atoms with Gasteiger partial charge in [0.2, 0.25) is 0 Å². The number of carboxylic acid groups (broad SMARTS) is 1. The molecule has 1 N–H and O–H groups in total. The van der Waals surface area contributed by atoms with E-state index in [2.05, 4.69) is 4.90 Å². The maximum absolute atomic E-state index is 12.2. The van der Waals surface area contributed by atoms with Crippen LogP contribution in [0, 0.1) is 11.8 Å². The van der Waals surface area contributed by atoms with Crippen molar-refractivity contribution in [3.05, 3.63) is 0 Å². The van der Waals surface area contributed by atoms with E-state index < -0.39 is 5.97 Å². The van der Waals surface area contributed by atoms with Gasteiger partial charge in [-0.1, -0.05) is 0 Å². The molecule has 4 heteroatoms. The minimum absolute atomic E-state index is 0.0140. The number of nitrogens with zero attached hydrogens (tertiary/aromatic N) is 1. The van der Waals surface area contributed by atoms with Crippen LogP contribution in [0.3, 0.4) is 0 Å². The molecule has 2 aliphatic heterocycles. The summed E-state index contributed by atoms with van der Waals surface area (Å²) in [5.41, 5.74) is 0. The number of aliphatic carboxylic acids is 1. The maximum atomic E-state index is 12.2. The summed E-state index contributed by atoms with van der Waals surface area (Å²) in [7, 11) is 0. The molecule has 0 aromatic heterocycles. The third-order valence-electron chi connectivity index (χ3n) is 4.58. The number of Topliss-reactive ketones (excluding diaryl/α,β-unsaturated/α-hetero) is 1. The predicted octanol–water partition coefficient (Wildman–Crippen LogP) is 0.903. The summed E-state index contributed by atoms with van der Waals surface area (Å²) >= 11 is 0. The van der Waals surface area contributed by atoms with Crippen LogP contribution >= 0.6 is 0 Å². The number of carbonyl (C=O) groups is 2. The molecular formula is C12H17NO3. The zero-order chi connectivity index (χ0) is 11.3. The third-order valence-corrected chi connectivity index (χ3v) is 4.58. The normalized spacial score (nSPS) is 43.1. The van der Waals surface area contributed by atoms with E-state index in [1.54, 1.807) is 0 Å². The van der Waals surface area contributed by atoms with E-state index in [0.717, 1.165) is 32.2 Å². The van der Waals surface area contributed by atoms with Crippen molar-refractivity contribution in [3.63, 3.8) is 0 Å². The minimum atomic E-state index is -0.724. The summed E-state index contributed by atoms with van der Waals surface area (Å²) in [6.45, 7) is 1.04. The van der Waals surface area contributed by atoms with Crippen LogP contribution in [0.2, 0.25) is 0 Å². The quantitative estimate of drug-likeness (QED) is 0.717. The number of hydrogen-bond acceptors (Lipinski definition) is 3. The molecule has 16 heavy (non-hydrogen) atoms. The molecule has 0 spiro atoms. The van der Waals surface area contributed by atoms with E-state index in [9.17, 15) is 9.59 Å². The molecule has 3 rings (SSSR count). The first kappa shape index (κ1) is 10.3. The summed E-state index contributed by atoms with van der Waals surface area (Å²) in [4.78, 5) is 25.5. The fraction of sp³-hybridized carbons (Fsp3) is 0.833. The van der Waals surface area contributed by atoms with Gasteiger partial charge in [-0.2, -0.15) is 0 Å². The molecule has 0 aromatic rings. The van der Waals surface area contributed by atoms with Gasteiger partial charge in [-0.15, -0.1) is 0 Å². The molecule has 1 aliphatic carbocycles. The van der Waals surface area contributed by atoms with Crippen molar-refractivity contribution >= 4 is 11.8 Å². The molecule has 0 aromatic carbocycles. The number of rotatable bonds is 1. The molecule has 2 saturated heterocycles. The van der Waals surface area contributed by atoms with Gasteiger partial charge in [0.05, 0.1) is 12.0 Å². The first-order valence-electron chi connectivity index (χ1n) is 6.21. The Kier molecular flexibility index (Phi) is 2.28.